The monoisotopic (exact) mass is 275 g/mol. The number of nitrogens with one attached hydrogen (secondary N) is 1. The molecule has 1 N–H and O–H groups in total. The summed E-state index contributed by atoms with van der Waals surface area (Å²) in [4.78, 5) is 0. The van der Waals surface area contributed by atoms with E-state index in [0.717, 1.165) is 23.7 Å². The second kappa shape index (κ2) is 7.55. The van der Waals surface area contributed by atoms with Gasteiger partial charge < -0.3 is 14.8 Å². The van der Waals surface area contributed by atoms with Gasteiger partial charge in [0.15, 0.2) is 11.5 Å². The van der Waals surface area contributed by atoms with E-state index < -0.39 is 0 Å². The normalized spacial score (nSPS) is 10.5. The summed E-state index contributed by atoms with van der Waals surface area (Å²) in [5, 5.41) is 7.51. The van der Waals surface area contributed by atoms with E-state index >= 15 is 0 Å². The summed E-state index contributed by atoms with van der Waals surface area (Å²) in [5.74, 6) is 1.56. The summed E-state index contributed by atoms with van der Waals surface area (Å²) in [6, 6.07) is 9.72. The Hall–Kier alpha value is -2.01. The fraction of sp³-hybridized carbons (Fsp3) is 0.400. The van der Waals surface area contributed by atoms with Gasteiger partial charge in [0.2, 0.25) is 0 Å². The molecule has 0 aliphatic heterocycles. The SMILES string of the molecule is CCOc1ccccc1OCCn1ccc(CNC)n1. The van der Waals surface area contributed by atoms with E-state index in [2.05, 4.69) is 10.4 Å². The van der Waals surface area contributed by atoms with E-state index in [4.69, 9.17) is 9.47 Å². The molecule has 1 aromatic carbocycles. The summed E-state index contributed by atoms with van der Waals surface area (Å²) >= 11 is 0. The van der Waals surface area contributed by atoms with Gasteiger partial charge in [0.25, 0.3) is 0 Å². The van der Waals surface area contributed by atoms with Crippen molar-refractivity contribution in [3.05, 3.63) is 42.2 Å². The molecule has 0 amide bonds. The molecule has 108 valence electrons. The molecule has 1 heterocycles. The molecule has 0 bridgehead atoms. The number of aromatic nitrogens is 2. The van der Waals surface area contributed by atoms with Gasteiger partial charge in [0.05, 0.1) is 18.8 Å². The molecule has 0 aliphatic rings. The lowest BCUT2D eigenvalue weighted by Crippen LogP contribution is -2.11. The molecular weight excluding hydrogens is 254 g/mol. The van der Waals surface area contributed by atoms with Crippen molar-refractivity contribution in [2.75, 3.05) is 20.3 Å². The van der Waals surface area contributed by atoms with E-state index in [1.807, 2.05) is 55.2 Å². The lowest BCUT2D eigenvalue weighted by Gasteiger charge is -2.11. The minimum atomic E-state index is 0.560. The highest BCUT2D eigenvalue weighted by atomic mass is 16.5. The third-order valence-electron chi connectivity index (χ3n) is 2.78. The van der Waals surface area contributed by atoms with Crippen LogP contribution >= 0.6 is 0 Å². The largest absolute Gasteiger partial charge is 0.490 e. The molecule has 1 aromatic heterocycles. The van der Waals surface area contributed by atoms with Crippen LogP contribution in [-0.4, -0.2) is 30.0 Å². The Balaban J connectivity index is 1.85. The molecular formula is C15H21N3O2. The van der Waals surface area contributed by atoms with E-state index in [1.165, 1.54) is 0 Å². The molecule has 0 saturated carbocycles. The van der Waals surface area contributed by atoms with Crippen molar-refractivity contribution in [3.8, 4) is 11.5 Å². The third kappa shape index (κ3) is 3.99. The van der Waals surface area contributed by atoms with E-state index in [1.54, 1.807) is 0 Å². The van der Waals surface area contributed by atoms with Crippen LogP contribution in [0.25, 0.3) is 0 Å². The molecule has 0 fully saturated rings. The van der Waals surface area contributed by atoms with E-state index in [0.29, 0.717) is 19.8 Å². The Morgan fingerprint density at radius 3 is 2.60 bits per heavy atom. The van der Waals surface area contributed by atoms with E-state index in [-0.39, 0.29) is 0 Å². The summed E-state index contributed by atoms with van der Waals surface area (Å²) in [6.45, 7) is 4.65. The second-order valence-corrected chi connectivity index (χ2v) is 4.33. The topological polar surface area (TPSA) is 48.3 Å². The average molecular weight is 275 g/mol. The van der Waals surface area contributed by atoms with Crippen LogP contribution in [0, 0.1) is 0 Å². The van der Waals surface area contributed by atoms with Crippen LogP contribution in [-0.2, 0) is 13.1 Å². The first kappa shape index (κ1) is 14.4. The van der Waals surface area contributed by atoms with Crippen molar-refractivity contribution in [2.24, 2.45) is 0 Å². The Bertz CT molecular complexity index is 525. The zero-order valence-electron chi connectivity index (χ0n) is 12.0. The molecule has 0 saturated heterocycles. The summed E-state index contributed by atoms with van der Waals surface area (Å²) < 4.78 is 13.2. The number of rotatable bonds is 8. The number of ether oxygens (including phenoxy) is 2. The van der Waals surface area contributed by atoms with Gasteiger partial charge in [-0.15, -0.1) is 0 Å². The average Bonchev–Trinajstić information content (AvgIpc) is 2.89. The predicted molar refractivity (Wildman–Crippen MR) is 78.1 cm³/mol. The van der Waals surface area contributed by atoms with Gasteiger partial charge >= 0.3 is 0 Å². The highest BCUT2D eigenvalue weighted by molar-refractivity contribution is 5.39. The molecule has 2 rings (SSSR count). The fourth-order valence-electron chi connectivity index (χ4n) is 1.90. The van der Waals surface area contributed by atoms with Crippen LogP contribution in [0.2, 0.25) is 0 Å². The molecule has 20 heavy (non-hydrogen) atoms. The fourth-order valence-corrected chi connectivity index (χ4v) is 1.90. The summed E-state index contributed by atoms with van der Waals surface area (Å²) in [6.07, 6.45) is 1.96. The first-order chi connectivity index (χ1) is 9.83. The van der Waals surface area contributed by atoms with Crippen molar-refractivity contribution in [1.29, 1.82) is 0 Å². The molecule has 0 atom stereocenters. The van der Waals surface area contributed by atoms with Gasteiger partial charge in [0.1, 0.15) is 6.61 Å². The van der Waals surface area contributed by atoms with Crippen LogP contribution in [0.5, 0.6) is 11.5 Å². The van der Waals surface area contributed by atoms with Gasteiger partial charge in [-0.1, -0.05) is 12.1 Å². The molecule has 2 aromatic rings. The molecule has 0 unspecified atom stereocenters. The maximum Gasteiger partial charge on any atom is 0.161 e. The summed E-state index contributed by atoms with van der Waals surface area (Å²) in [7, 11) is 1.91. The maximum atomic E-state index is 5.76. The lowest BCUT2D eigenvalue weighted by molar-refractivity contribution is 0.262. The smallest absolute Gasteiger partial charge is 0.161 e. The van der Waals surface area contributed by atoms with Gasteiger partial charge in [-0.25, -0.2) is 0 Å². The Morgan fingerprint density at radius 1 is 1.15 bits per heavy atom. The maximum absolute atomic E-state index is 5.76. The van der Waals surface area contributed by atoms with Crippen molar-refractivity contribution in [2.45, 2.75) is 20.0 Å². The van der Waals surface area contributed by atoms with Crippen molar-refractivity contribution in [1.82, 2.24) is 15.1 Å². The lowest BCUT2D eigenvalue weighted by atomic mass is 10.3. The Kier molecular flexibility index (Phi) is 5.43. The van der Waals surface area contributed by atoms with Gasteiger partial charge in [-0.05, 0) is 32.2 Å². The van der Waals surface area contributed by atoms with Crippen LogP contribution in [0.15, 0.2) is 36.5 Å². The minimum Gasteiger partial charge on any atom is -0.490 e. The number of para-hydroxylation sites is 2. The number of hydrogen-bond acceptors (Lipinski definition) is 4. The predicted octanol–water partition coefficient (Wildman–Crippen LogP) is 2.08. The standard InChI is InChI=1S/C15H21N3O2/c1-3-19-14-6-4-5-7-15(14)20-11-10-18-9-8-13(17-18)12-16-2/h4-9,16H,3,10-12H2,1-2H3. The number of hydrogen-bond donors (Lipinski definition) is 1. The second-order valence-electron chi connectivity index (χ2n) is 4.33. The minimum absolute atomic E-state index is 0.560. The molecule has 0 radical (unpaired) electrons. The molecule has 5 nitrogen and oxygen atoms in total. The zero-order valence-corrected chi connectivity index (χ0v) is 12.0. The van der Waals surface area contributed by atoms with Crippen LogP contribution in [0.1, 0.15) is 12.6 Å². The first-order valence-corrected chi connectivity index (χ1v) is 6.85. The van der Waals surface area contributed by atoms with E-state index in [9.17, 15) is 0 Å². The number of benzene rings is 1. The quantitative estimate of drug-likeness (QED) is 0.801. The first-order valence-electron chi connectivity index (χ1n) is 6.85. The van der Waals surface area contributed by atoms with Gasteiger partial charge in [-0.2, -0.15) is 5.10 Å². The van der Waals surface area contributed by atoms with Crippen molar-refractivity contribution < 1.29 is 9.47 Å². The van der Waals surface area contributed by atoms with Crippen LogP contribution < -0.4 is 14.8 Å². The van der Waals surface area contributed by atoms with Crippen molar-refractivity contribution >= 4 is 0 Å². The number of nitrogens with zero attached hydrogens (tertiary/aromatic N) is 2. The molecule has 5 heteroatoms. The molecule has 0 aliphatic carbocycles. The third-order valence-corrected chi connectivity index (χ3v) is 2.78. The van der Waals surface area contributed by atoms with Gasteiger partial charge in [0, 0.05) is 12.7 Å². The van der Waals surface area contributed by atoms with Crippen LogP contribution in [0.4, 0.5) is 0 Å². The van der Waals surface area contributed by atoms with Crippen LogP contribution in [0.3, 0.4) is 0 Å². The molecule has 0 spiro atoms. The highest BCUT2D eigenvalue weighted by Gasteiger charge is 2.03. The Labute approximate surface area is 119 Å². The van der Waals surface area contributed by atoms with Crippen molar-refractivity contribution in [3.63, 3.8) is 0 Å². The van der Waals surface area contributed by atoms with Gasteiger partial charge in [-0.3, -0.25) is 4.68 Å². The Morgan fingerprint density at radius 2 is 1.90 bits per heavy atom. The zero-order chi connectivity index (χ0) is 14.2. The summed E-state index contributed by atoms with van der Waals surface area (Å²) in [5.41, 5.74) is 1.03. The highest BCUT2D eigenvalue weighted by Crippen LogP contribution is 2.26.